The molecule has 0 aromatic heterocycles. The van der Waals surface area contributed by atoms with E-state index >= 15 is 0 Å². The van der Waals surface area contributed by atoms with Crippen molar-refractivity contribution in [3.63, 3.8) is 0 Å². The van der Waals surface area contributed by atoms with E-state index in [1.807, 2.05) is 13.0 Å². The van der Waals surface area contributed by atoms with Crippen LogP contribution >= 0.6 is 0 Å². The molecular weight excluding hydrogens is 240 g/mol. The van der Waals surface area contributed by atoms with Gasteiger partial charge in [-0.1, -0.05) is 6.07 Å². The van der Waals surface area contributed by atoms with Crippen molar-refractivity contribution in [3.8, 4) is 5.75 Å². The third-order valence-electron chi connectivity index (χ3n) is 3.60. The fraction of sp³-hybridized carbons (Fsp3) is 0.533. The van der Waals surface area contributed by atoms with Crippen LogP contribution in [0, 0.1) is 0 Å². The van der Waals surface area contributed by atoms with Gasteiger partial charge in [0.2, 0.25) is 5.91 Å². The summed E-state index contributed by atoms with van der Waals surface area (Å²) >= 11 is 0. The van der Waals surface area contributed by atoms with E-state index in [0.29, 0.717) is 12.8 Å². The zero-order chi connectivity index (χ0) is 13.7. The molecule has 19 heavy (non-hydrogen) atoms. The molecule has 0 heterocycles. The third-order valence-corrected chi connectivity index (χ3v) is 3.60. The summed E-state index contributed by atoms with van der Waals surface area (Å²) in [6, 6.07) is 6.35. The van der Waals surface area contributed by atoms with Crippen LogP contribution in [0.25, 0.3) is 0 Å². The topological polar surface area (TPSA) is 64.4 Å². The molecule has 104 valence electrons. The Bertz CT molecular complexity index is 446. The minimum atomic E-state index is -0.152. The summed E-state index contributed by atoms with van der Waals surface area (Å²) in [5.74, 6) is 5.80. The second-order valence-electron chi connectivity index (χ2n) is 5.17. The average molecular weight is 262 g/mol. The van der Waals surface area contributed by atoms with Gasteiger partial charge in [0.25, 0.3) is 0 Å². The fourth-order valence-electron chi connectivity index (χ4n) is 2.48. The fourth-order valence-corrected chi connectivity index (χ4v) is 2.48. The van der Waals surface area contributed by atoms with Gasteiger partial charge in [-0.2, -0.15) is 0 Å². The Kier molecular flexibility index (Phi) is 4.80. The summed E-state index contributed by atoms with van der Waals surface area (Å²) in [5, 5.41) is 0. The highest BCUT2D eigenvalue weighted by Gasteiger charge is 2.12. The van der Waals surface area contributed by atoms with Crippen LogP contribution in [-0.4, -0.2) is 12.0 Å². The number of ether oxygens (including phenoxy) is 1. The Morgan fingerprint density at radius 1 is 1.37 bits per heavy atom. The number of hydrazine groups is 1. The Balaban J connectivity index is 1.90. The van der Waals surface area contributed by atoms with Gasteiger partial charge in [0, 0.05) is 6.42 Å². The molecule has 0 bridgehead atoms. The van der Waals surface area contributed by atoms with E-state index < -0.39 is 0 Å². The number of hydrogen-bond acceptors (Lipinski definition) is 3. The van der Waals surface area contributed by atoms with E-state index in [4.69, 9.17) is 10.6 Å². The number of nitrogens with two attached hydrogens (primary N) is 1. The van der Waals surface area contributed by atoms with Crippen LogP contribution in [0.1, 0.15) is 43.7 Å². The Morgan fingerprint density at radius 2 is 2.11 bits per heavy atom. The van der Waals surface area contributed by atoms with Crippen molar-refractivity contribution in [2.24, 2.45) is 5.84 Å². The molecule has 1 unspecified atom stereocenters. The zero-order valence-corrected chi connectivity index (χ0v) is 11.4. The minimum absolute atomic E-state index is 0.0129. The first-order valence-corrected chi connectivity index (χ1v) is 6.97. The van der Waals surface area contributed by atoms with Gasteiger partial charge >= 0.3 is 0 Å². The number of amides is 1. The van der Waals surface area contributed by atoms with Crippen LogP contribution in [0.15, 0.2) is 18.2 Å². The van der Waals surface area contributed by atoms with Gasteiger partial charge in [-0.05, 0) is 62.3 Å². The number of rotatable bonds is 5. The molecule has 1 amide bonds. The Hall–Kier alpha value is -1.55. The van der Waals surface area contributed by atoms with Crippen molar-refractivity contribution in [2.45, 2.75) is 51.6 Å². The SMILES string of the molecule is CC(CCC(=O)NN)Oc1ccc2c(c1)CCCC2. The molecule has 2 rings (SSSR count). The van der Waals surface area contributed by atoms with Gasteiger partial charge in [0.05, 0.1) is 6.10 Å². The Morgan fingerprint density at radius 3 is 2.84 bits per heavy atom. The van der Waals surface area contributed by atoms with Gasteiger partial charge in [-0.15, -0.1) is 0 Å². The highest BCUT2D eigenvalue weighted by Crippen LogP contribution is 2.26. The summed E-state index contributed by atoms with van der Waals surface area (Å²) in [4.78, 5) is 11.1. The average Bonchev–Trinajstić information content (AvgIpc) is 2.44. The maximum atomic E-state index is 11.1. The number of aryl methyl sites for hydroxylation is 2. The van der Waals surface area contributed by atoms with Crippen LogP contribution in [0.2, 0.25) is 0 Å². The number of benzene rings is 1. The predicted molar refractivity (Wildman–Crippen MR) is 74.7 cm³/mol. The molecule has 0 saturated carbocycles. The lowest BCUT2D eigenvalue weighted by Crippen LogP contribution is -2.30. The summed E-state index contributed by atoms with van der Waals surface area (Å²) in [6.45, 7) is 1.98. The molecular formula is C15H22N2O2. The quantitative estimate of drug-likeness (QED) is 0.485. The lowest BCUT2D eigenvalue weighted by molar-refractivity contribution is -0.121. The first-order valence-electron chi connectivity index (χ1n) is 6.97. The minimum Gasteiger partial charge on any atom is -0.491 e. The van der Waals surface area contributed by atoms with Crippen LogP contribution in [-0.2, 0) is 17.6 Å². The molecule has 1 aromatic rings. The van der Waals surface area contributed by atoms with E-state index in [1.54, 1.807) is 0 Å². The second-order valence-corrected chi connectivity index (χ2v) is 5.17. The van der Waals surface area contributed by atoms with E-state index in [0.717, 1.165) is 12.2 Å². The number of nitrogens with one attached hydrogen (secondary N) is 1. The molecule has 1 aliphatic rings. The first kappa shape index (κ1) is 13.9. The summed E-state index contributed by atoms with van der Waals surface area (Å²) in [6.07, 6.45) is 5.96. The standard InChI is InChI=1S/C15H22N2O2/c1-11(6-9-15(18)17-16)19-14-8-7-12-4-2-3-5-13(12)10-14/h7-8,10-11H,2-6,9,16H2,1H3,(H,17,18). The Labute approximate surface area is 114 Å². The van der Waals surface area contributed by atoms with Crippen molar-refractivity contribution in [3.05, 3.63) is 29.3 Å². The molecule has 0 fully saturated rings. The van der Waals surface area contributed by atoms with Crippen molar-refractivity contribution in [1.29, 1.82) is 0 Å². The van der Waals surface area contributed by atoms with Crippen molar-refractivity contribution in [1.82, 2.24) is 5.43 Å². The molecule has 1 atom stereocenters. The molecule has 4 heteroatoms. The number of carbonyl (C=O) groups is 1. The molecule has 0 radical (unpaired) electrons. The van der Waals surface area contributed by atoms with Crippen LogP contribution < -0.4 is 16.0 Å². The highest BCUT2D eigenvalue weighted by atomic mass is 16.5. The van der Waals surface area contributed by atoms with Gasteiger partial charge in [0.15, 0.2) is 0 Å². The van der Waals surface area contributed by atoms with E-state index in [1.165, 1.54) is 30.4 Å². The molecule has 4 nitrogen and oxygen atoms in total. The second kappa shape index (κ2) is 6.57. The van der Waals surface area contributed by atoms with Crippen molar-refractivity contribution >= 4 is 5.91 Å². The summed E-state index contributed by atoms with van der Waals surface area (Å²) < 4.78 is 5.85. The van der Waals surface area contributed by atoms with Gasteiger partial charge in [-0.3, -0.25) is 10.2 Å². The van der Waals surface area contributed by atoms with Gasteiger partial charge < -0.3 is 4.74 Å². The predicted octanol–water partition coefficient (Wildman–Crippen LogP) is 2.10. The first-order chi connectivity index (χ1) is 9.19. The summed E-state index contributed by atoms with van der Waals surface area (Å²) in [5.41, 5.74) is 5.00. The third kappa shape index (κ3) is 3.96. The maximum absolute atomic E-state index is 11.1. The van der Waals surface area contributed by atoms with Gasteiger partial charge in [-0.25, -0.2) is 5.84 Å². The van der Waals surface area contributed by atoms with Gasteiger partial charge in [0.1, 0.15) is 5.75 Å². The number of fused-ring (bicyclic) bond motifs is 1. The molecule has 0 spiro atoms. The smallest absolute Gasteiger partial charge is 0.234 e. The van der Waals surface area contributed by atoms with Crippen LogP contribution in [0.3, 0.4) is 0 Å². The van der Waals surface area contributed by atoms with Crippen molar-refractivity contribution < 1.29 is 9.53 Å². The number of carbonyl (C=O) groups excluding carboxylic acids is 1. The van der Waals surface area contributed by atoms with Crippen LogP contribution in [0.5, 0.6) is 5.75 Å². The normalized spacial score (nSPS) is 15.5. The molecule has 3 N–H and O–H groups in total. The molecule has 1 aromatic carbocycles. The monoisotopic (exact) mass is 262 g/mol. The maximum Gasteiger partial charge on any atom is 0.234 e. The van der Waals surface area contributed by atoms with E-state index in [9.17, 15) is 4.79 Å². The van der Waals surface area contributed by atoms with E-state index in [-0.39, 0.29) is 12.0 Å². The molecule has 0 aliphatic heterocycles. The van der Waals surface area contributed by atoms with Crippen molar-refractivity contribution in [2.75, 3.05) is 0 Å². The highest BCUT2D eigenvalue weighted by molar-refractivity contribution is 5.75. The number of hydrogen-bond donors (Lipinski definition) is 2. The molecule has 0 saturated heterocycles. The van der Waals surface area contributed by atoms with Crippen LogP contribution in [0.4, 0.5) is 0 Å². The largest absolute Gasteiger partial charge is 0.491 e. The summed E-state index contributed by atoms with van der Waals surface area (Å²) in [7, 11) is 0. The lowest BCUT2D eigenvalue weighted by Gasteiger charge is -2.19. The lowest BCUT2D eigenvalue weighted by atomic mass is 9.92. The zero-order valence-electron chi connectivity index (χ0n) is 11.4. The molecule has 1 aliphatic carbocycles. The van der Waals surface area contributed by atoms with E-state index in [2.05, 4.69) is 17.6 Å².